The number of alkyl halides is 3. The fraction of sp³-hybridized carbons (Fsp3) is 0.308. The smallest absolute Gasteiger partial charge is 0.443 e. The predicted octanol–water partition coefficient (Wildman–Crippen LogP) is 3.45. The third-order valence-electron chi connectivity index (χ3n) is 2.66. The quantitative estimate of drug-likeness (QED) is 0.940. The number of aromatic nitrogens is 1. The Morgan fingerprint density at radius 2 is 2.15 bits per heavy atom. The first-order valence-corrected chi connectivity index (χ1v) is 6.55. The van der Waals surface area contributed by atoms with E-state index in [-0.39, 0.29) is 11.3 Å². The second kappa shape index (κ2) is 5.80. The summed E-state index contributed by atoms with van der Waals surface area (Å²) in [5.74, 6) is 0.634. The van der Waals surface area contributed by atoms with Crippen molar-refractivity contribution in [2.24, 2.45) is 0 Å². The SMILES string of the molecule is COc1cccc(CC(O)c2cnc(C(F)(F)F)s2)c1. The van der Waals surface area contributed by atoms with Crippen molar-refractivity contribution in [1.82, 2.24) is 4.98 Å². The molecule has 1 heterocycles. The highest BCUT2D eigenvalue weighted by atomic mass is 32.1. The Bertz CT molecular complexity index is 583. The number of nitrogens with zero attached hydrogens (tertiary/aromatic N) is 1. The number of rotatable bonds is 4. The summed E-state index contributed by atoms with van der Waals surface area (Å²) in [6.45, 7) is 0. The zero-order valence-corrected chi connectivity index (χ0v) is 11.3. The summed E-state index contributed by atoms with van der Waals surface area (Å²) in [5.41, 5.74) is 0.777. The lowest BCUT2D eigenvalue weighted by Gasteiger charge is -2.09. The minimum absolute atomic E-state index is 0.195. The summed E-state index contributed by atoms with van der Waals surface area (Å²) < 4.78 is 42.4. The van der Waals surface area contributed by atoms with Gasteiger partial charge in [-0.05, 0) is 17.7 Å². The molecule has 0 aliphatic heterocycles. The van der Waals surface area contributed by atoms with E-state index >= 15 is 0 Å². The number of aliphatic hydroxyl groups is 1. The fourth-order valence-electron chi connectivity index (χ4n) is 1.69. The third kappa shape index (κ3) is 3.49. The zero-order chi connectivity index (χ0) is 14.8. The van der Waals surface area contributed by atoms with Crippen LogP contribution in [-0.4, -0.2) is 17.2 Å². The number of ether oxygens (including phenoxy) is 1. The highest BCUT2D eigenvalue weighted by Crippen LogP contribution is 2.35. The average Bonchev–Trinajstić information content (AvgIpc) is 2.88. The van der Waals surface area contributed by atoms with Crippen LogP contribution in [0.2, 0.25) is 0 Å². The molecule has 1 atom stereocenters. The molecule has 1 aromatic carbocycles. The molecule has 0 saturated carbocycles. The Hall–Kier alpha value is -1.60. The van der Waals surface area contributed by atoms with E-state index in [0.717, 1.165) is 11.8 Å². The number of hydrogen-bond donors (Lipinski definition) is 1. The molecule has 0 bridgehead atoms. The molecule has 0 spiro atoms. The van der Waals surface area contributed by atoms with E-state index in [2.05, 4.69) is 4.98 Å². The maximum absolute atomic E-state index is 12.4. The van der Waals surface area contributed by atoms with Gasteiger partial charge in [0.2, 0.25) is 0 Å². The lowest BCUT2D eigenvalue weighted by atomic mass is 10.1. The molecule has 20 heavy (non-hydrogen) atoms. The van der Waals surface area contributed by atoms with Crippen LogP contribution in [-0.2, 0) is 12.6 Å². The van der Waals surface area contributed by atoms with E-state index in [4.69, 9.17) is 4.74 Å². The van der Waals surface area contributed by atoms with Gasteiger partial charge in [0.1, 0.15) is 5.75 Å². The van der Waals surface area contributed by atoms with Gasteiger partial charge in [-0.3, -0.25) is 0 Å². The van der Waals surface area contributed by atoms with Crippen LogP contribution in [0.3, 0.4) is 0 Å². The molecular formula is C13H12F3NO2S. The molecule has 108 valence electrons. The lowest BCUT2D eigenvalue weighted by Crippen LogP contribution is -2.03. The van der Waals surface area contributed by atoms with E-state index in [9.17, 15) is 18.3 Å². The standard InChI is InChI=1S/C13H12F3NO2S/c1-19-9-4-2-3-8(5-9)6-10(18)11-7-17-12(20-11)13(14,15)16/h2-5,7,10,18H,6H2,1H3. The van der Waals surface area contributed by atoms with Gasteiger partial charge in [0.15, 0.2) is 5.01 Å². The van der Waals surface area contributed by atoms with Crippen molar-refractivity contribution in [3.63, 3.8) is 0 Å². The number of aliphatic hydroxyl groups excluding tert-OH is 1. The highest BCUT2D eigenvalue weighted by Gasteiger charge is 2.35. The first-order chi connectivity index (χ1) is 9.40. The molecule has 0 saturated heterocycles. The molecular weight excluding hydrogens is 291 g/mol. The summed E-state index contributed by atoms with van der Waals surface area (Å²) >= 11 is 0.460. The Morgan fingerprint density at radius 1 is 1.40 bits per heavy atom. The molecule has 0 fully saturated rings. The van der Waals surface area contributed by atoms with Gasteiger partial charge < -0.3 is 9.84 Å². The number of benzene rings is 1. The Labute approximate surface area is 117 Å². The van der Waals surface area contributed by atoms with Crippen molar-refractivity contribution >= 4 is 11.3 Å². The molecule has 0 amide bonds. The van der Waals surface area contributed by atoms with Crippen LogP contribution in [0.4, 0.5) is 13.2 Å². The number of halogens is 3. The van der Waals surface area contributed by atoms with Gasteiger partial charge in [-0.15, -0.1) is 11.3 Å². The van der Waals surface area contributed by atoms with Crippen LogP contribution >= 0.6 is 11.3 Å². The topological polar surface area (TPSA) is 42.4 Å². The van der Waals surface area contributed by atoms with Gasteiger partial charge in [0.25, 0.3) is 0 Å². The normalized spacial score (nSPS) is 13.2. The van der Waals surface area contributed by atoms with Crippen molar-refractivity contribution < 1.29 is 23.0 Å². The van der Waals surface area contributed by atoms with E-state index < -0.39 is 17.3 Å². The van der Waals surface area contributed by atoms with Gasteiger partial charge in [0, 0.05) is 12.6 Å². The van der Waals surface area contributed by atoms with E-state index in [1.807, 2.05) is 0 Å². The van der Waals surface area contributed by atoms with Crippen LogP contribution in [0.25, 0.3) is 0 Å². The lowest BCUT2D eigenvalue weighted by molar-refractivity contribution is -0.137. The van der Waals surface area contributed by atoms with Gasteiger partial charge >= 0.3 is 6.18 Å². The van der Waals surface area contributed by atoms with Gasteiger partial charge in [0.05, 0.1) is 18.1 Å². The summed E-state index contributed by atoms with van der Waals surface area (Å²) in [4.78, 5) is 3.49. The van der Waals surface area contributed by atoms with Crippen molar-refractivity contribution in [3.05, 3.63) is 45.9 Å². The van der Waals surface area contributed by atoms with E-state index in [1.165, 1.54) is 7.11 Å². The summed E-state index contributed by atoms with van der Waals surface area (Å²) in [6.07, 6.45) is -4.22. The monoisotopic (exact) mass is 303 g/mol. The Morgan fingerprint density at radius 3 is 2.75 bits per heavy atom. The van der Waals surface area contributed by atoms with Crippen molar-refractivity contribution in [3.8, 4) is 5.75 Å². The Balaban J connectivity index is 2.11. The zero-order valence-electron chi connectivity index (χ0n) is 10.5. The maximum atomic E-state index is 12.4. The molecule has 0 radical (unpaired) electrons. The van der Waals surface area contributed by atoms with Crippen LogP contribution in [0.5, 0.6) is 5.75 Å². The first-order valence-electron chi connectivity index (χ1n) is 5.74. The minimum atomic E-state index is -4.47. The molecule has 2 aromatic rings. The molecule has 1 N–H and O–H groups in total. The fourth-order valence-corrected chi connectivity index (χ4v) is 2.46. The summed E-state index contributed by atoms with van der Waals surface area (Å²) in [6, 6.07) is 7.02. The second-order valence-electron chi connectivity index (χ2n) is 4.14. The van der Waals surface area contributed by atoms with Gasteiger partial charge in [-0.2, -0.15) is 13.2 Å². The highest BCUT2D eigenvalue weighted by molar-refractivity contribution is 7.11. The predicted molar refractivity (Wildman–Crippen MR) is 68.8 cm³/mol. The first kappa shape index (κ1) is 14.8. The Kier molecular flexibility index (Phi) is 4.29. The largest absolute Gasteiger partial charge is 0.497 e. The molecule has 1 aromatic heterocycles. The van der Waals surface area contributed by atoms with Crippen LogP contribution in [0.15, 0.2) is 30.5 Å². The molecule has 3 nitrogen and oxygen atoms in total. The molecule has 7 heteroatoms. The maximum Gasteiger partial charge on any atom is 0.443 e. The second-order valence-corrected chi connectivity index (χ2v) is 5.20. The molecule has 0 aliphatic rings. The van der Waals surface area contributed by atoms with Crippen LogP contribution < -0.4 is 4.74 Å². The van der Waals surface area contributed by atoms with Crippen molar-refractivity contribution in [2.45, 2.75) is 18.7 Å². The average molecular weight is 303 g/mol. The minimum Gasteiger partial charge on any atom is -0.497 e. The number of thiazole rings is 1. The third-order valence-corrected chi connectivity index (χ3v) is 3.80. The number of hydrogen-bond acceptors (Lipinski definition) is 4. The van der Waals surface area contributed by atoms with Crippen molar-refractivity contribution in [2.75, 3.05) is 7.11 Å². The van der Waals surface area contributed by atoms with E-state index in [0.29, 0.717) is 17.1 Å². The summed E-state index contributed by atoms with van der Waals surface area (Å²) in [5, 5.41) is 9.03. The molecule has 0 aliphatic carbocycles. The molecule has 2 rings (SSSR count). The summed E-state index contributed by atoms with van der Waals surface area (Å²) in [7, 11) is 1.52. The van der Waals surface area contributed by atoms with Crippen LogP contribution in [0.1, 0.15) is 21.6 Å². The van der Waals surface area contributed by atoms with Crippen LogP contribution in [0, 0.1) is 0 Å². The number of methoxy groups -OCH3 is 1. The van der Waals surface area contributed by atoms with Gasteiger partial charge in [-0.1, -0.05) is 12.1 Å². The van der Waals surface area contributed by atoms with Crippen molar-refractivity contribution in [1.29, 1.82) is 0 Å². The van der Waals surface area contributed by atoms with Gasteiger partial charge in [-0.25, -0.2) is 4.98 Å². The van der Waals surface area contributed by atoms with E-state index in [1.54, 1.807) is 24.3 Å². The molecule has 1 unspecified atom stereocenters.